The van der Waals surface area contributed by atoms with Crippen molar-refractivity contribution in [1.82, 2.24) is 10.6 Å². The molecular weight excluding hydrogens is 350 g/mol. The Hall–Kier alpha value is -2.32. The number of hydrogen-bond acceptors (Lipinski definition) is 4. The lowest BCUT2D eigenvalue weighted by Gasteiger charge is -2.16. The van der Waals surface area contributed by atoms with Gasteiger partial charge in [0.05, 0.1) is 11.0 Å². The van der Waals surface area contributed by atoms with Crippen LogP contribution >= 0.6 is 11.3 Å². The van der Waals surface area contributed by atoms with Crippen molar-refractivity contribution in [1.29, 1.82) is 0 Å². The number of amides is 2. The van der Waals surface area contributed by atoms with E-state index < -0.39 is 29.7 Å². The summed E-state index contributed by atoms with van der Waals surface area (Å²) >= 11 is 1.26. The largest absolute Gasteiger partial charge is 0.391 e. The van der Waals surface area contributed by atoms with Crippen molar-refractivity contribution in [3.8, 4) is 0 Å². The highest BCUT2D eigenvalue weighted by Crippen LogP contribution is 2.11. The predicted molar refractivity (Wildman–Crippen MR) is 90.3 cm³/mol. The molecule has 0 spiro atoms. The van der Waals surface area contributed by atoms with Crippen LogP contribution in [0.15, 0.2) is 35.7 Å². The van der Waals surface area contributed by atoms with Crippen molar-refractivity contribution in [2.75, 3.05) is 6.54 Å². The van der Waals surface area contributed by atoms with Gasteiger partial charge in [-0.15, -0.1) is 11.3 Å². The maximum Gasteiger partial charge on any atom is 0.261 e. The third-order valence-corrected chi connectivity index (χ3v) is 4.34. The fourth-order valence-electron chi connectivity index (χ4n) is 2.13. The van der Waals surface area contributed by atoms with Crippen LogP contribution in [0.2, 0.25) is 0 Å². The van der Waals surface area contributed by atoms with Crippen LogP contribution in [-0.4, -0.2) is 35.6 Å². The lowest BCUT2D eigenvalue weighted by molar-refractivity contribution is -0.123. The zero-order valence-corrected chi connectivity index (χ0v) is 14.3. The summed E-state index contributed by atoms with van der Waals surface area (Å²) in [5, 5.41) is 16.7. The van der Waals surface area contributed by atoms with Crippen LogP contribution < -0.4 is 10.6 Å². The van der Waals surface area contributed by atoms with Gasteiger partial charge in [-0.3, -0.25) is 9.59 Å². The summed E-state index contributed by atoms with van der Waals surface area (Å²) in [7, 11) is 0. The molecule has 2 atom stereocenters. The molecule has 0 aliphatic carbocycles. The monoisotopic (exact) mass is 368 g/mol. The van der Waals surface area contributed by atoms with Crippen LogP contribution in [0.1, 0.15) is 22.2 Å². The topological polar surface area (TPSA) is 78.4 Å². The van der Waals surface area contributed by atoms with E-state index in [0.717, 1.165) is 12.1 Å². The molecule has 8 heteroatoms. The van der Waals surface area contributed by atoms with Crippen LogP contribution in [0.3, 0.4) is 0 Å². The van der Waals surface area contributed by atoms with Gasteiger partial charge in [0.1, 0.15) is 17.7 Å². The summed E-state index contributed by atoms with van der Waals surface area (Å²) in [5.41, 5.74) is 0.155. The van der Waals surface area contributed by atoms with Gasteiger partial charge in [0.2, 0.25) is 5.91 Å². The molecule has 0 unspecified atom stereocenters. The standard InChI is InChI=1S/C17H18F2N2O3S/c1-10(21-17(24)15-3-2-6-25-15)16(23)20-9-13(22)7-11-4-5-12(18)8-14(11)19/h2-6,8,10,13,22H,7,9H2,1H3,(H,20,23)(H,21,24)/t10-,13+/m0/s1. The summed E-state index contributed by atoms with van der Waals surface area (Å²) in [5.74, 6) is -2.27. The number of thiophene rings is 1. The number of halogens is 2. The minimum Gasteiger partial charge on any atom is -0.391 e. The second kappa shape index (κ2) is 8.68. The van der Waals surface area contributed by atoms with E-state index in [-0.39, 0.29) is 24.4 Å². The number of carbonyl (C=O) groups excluding carboxylic acids is 2. The third-order valence-electron chi connectivity index (χ3n) is 3.47. The zero-order valence-electron chi connectivity index (χ0n) is 13.5. The van der Waals surface area contributed by atoms with Gasteiger partial charge >= 0.3 is 0 Å². The van der Waals surface area contributed by atoms with Gasteiger partial charge in [-0.2, -0.15) is 0 Å². The lowest BCUT2D eigenvalue weighted by Crippen LogP contribution is -2.46. The van der Waals surface area contributed by atoms with Crippen LogP contribution in [0.5, 0.6) is 0 Å². The van der Waals surface area contributed by atoms with Gasteiger partial charge < -0.3 is 15.7 Å². The lowest BCUT2D eigenvalue weighted by atomic mass is 10.1. The molecule has 3 N–H and O–H groups in total. The number of aliphatic hydroxyl groups excluding tert-OH is 1. The average molecular weight is 368 g/mol. The van der Waals surface area contributed by atoms with Gasteiger partial charge in [0.25, 0.3) is 5.91 Å². The molecule has 2 amide bonds. The number of carbonyl (C=O) groups is 2. The second-order valence-electron chi connectivity index (χ2n) is 5.51. The van der Waals surface area contributed by atoms with Gasteiger partial charge in [-0.25, -0.2) is 8.78 Å². The van der Waals surface area contributed by atoms with Crippen LogP contribution in [0.25, 0.3) is 0 Å². The highest BCUT2D eigenvalue weighted by atomic mass is 32.1. The summed E-state index contributed by atoms with van der Waals surface area (Å²) in [6.45, 7) is 1.40. The van der Waals surface area contributed by atoms with Gasteiger partial charge in [0.15, 0.2) is 0 Å². The Labute approximate surface area is 147 Å². The quantitative estimate of drug-likeness (QED) is 0.698. The van der Waals surface area contributed by atoms with E-state index in [1.165, 1.54) is 24.3 Å². The molecular formula is C17H18F2N2O3S. The highest BCUT2D eigenvalue weighted by Gasteiger charge is 2.18. The van der Waals surface area contributed by atoms with E-state index >= 15 is 0 Å². The molecule has 1 aromatic heterocycles. The maximum absolute atomic E-state index is 13.5. The first-order valence-corrected chi connectivity index (χ1v) is 8.49. The first-order chi connectivity index (χ1) is 11.9. The Morgan fingerprint density at radius 2 is 2.04 bits per heavy atom. The average Bonchev–Trinajstić information content (AvgIpc) is 3.09. The van der Waals surface area contributed by atoms with E-state index in [2.05, 4.69) is 10.6 Å². The van der Waals surface area contributed by atoms with Crippen LogP contribution in [-0.2, 0) is 11.2 Å². The number of benzene rings is 1. The van der Waals surface area contributed by atoms with Crippen molar-refractivity contribution in [2.24, 2.45) is 0 Å². The Kier molecular flexibility index (Phi) is 6.60. The minimum absolute atomic E-state index is 0.0671. The zero-order chi connectivity index (χ0) is 18.4. The van der Waals surface area contributed by atoms with Gasteiger partial charge in [-0.05, 0) is 30.0 Å². The van der Waals surface area contributed by atoms with Crippen molar-refractivity contribution in [3.05, 3.63) is 57.8 Å². The van der Waals surface area contributed by atoms with E-state index in [0.29, 0.717) is 4.88 Å². The maximum atomic E-state index is 13.5. The molecule has 0 fully saturated rings. The molecule has 134 valence electrons. The normalized spacial score (nSPS) is 13.1. The first-order valence-electron chi connectivity index (χ1n) is 7.61. The molecule has 5 nitrogen and oxygen atoms in total. The Bertz CT molecular complexity index is 737. The van der Waals surface area contributed by atoms with E-state index in [9.17, 15) is 23.5 Å². The minimum atomic E-state index is -1.04. The first kappa shape index (κ1) is 19.0. The summed E-state index contributed by atoms with van der Waals surface area (Å²) in [4.78, 5) is 24.3. The predicted octanol–water partition coefficient (Wildman–Crippen LogP) is 1.86. The fraction of sp³-hybridized carbons (Fsp3) is 0.294. The molecule has 2 aromatic rings. The molecule has 0 saturated heterocycles. The molecule has 0 aliphatic rings. The number of aliphatic hydroxyl groups is 1. The second-order valence-corrected chi connectivity index (χ2v) is 6.46. The van der Waals surface area contributed by atoms with Crippen molar-refractivity contribution >= 4 is 23.2 Å². The fourth-order valence-corrected chi connectivity index (χ4v) is 2.75. The Morgan fingerprint density at radius 3 is 2.68 bits per heavy atom. The molecule has 1 aromatic carbocycles. The summed E-state index contributed by atoms with van der Waals surface area (Å²) in [6, 6.07) is 5.68. The van der Waals surface area contributed by atoms with Crippen molar-refractivity contribution in [2.45, 2.75) is 25.5 Å². The molecule has 25 heavy (non-hydrogen) atoms. The van der Waals surface area contributed by atoms with Crippen LogP contribution in [0, 0.1) is 11.6 Å². The van der Waals surface area contributed by atoms with Crippen molar-refractivity contribution in [3.63, 3.8) is 0 Å². The molecule has 0 bridgehead atoms. The number of hydrogen-bond donors (Lipinski definition) is 3. The van der Waals surface area contributed by atoms with Crippen LogP contribution in [0.4, 0.5) is 8.78 Å². The van der Waals surface area contributed by atoms with E-state index in [1.807, 2.05) is 0 Å². The summed E-state index contributed by atoms with van der Waals surface area (Å²) < 4.78 is 26.4. The Balaban J connectivity index is 1.79. The van der Waals surface area contributed by atoms with Crippen molar-refractivity contribution < 1.29 is 23.5 Å². The molecule has 1 heterocycles. The summed E-state index contributed by atoms with van der Waals surface area (Å²) in [6.07, 6.45) is -1.10. The number of rotatable bonds is 7. The molecule has 0 aliphatic heterocycles. The van der Waals surface area contributed by atoms with Gasteiger partial charge in [0, 0.05) is 19.0 Å². The highest BCUT2D eigenvalue weighted by molar-refractivity contribution is 7.12. The van der Waals surface area contributed by atoms with Gasteiger partial charge in [-0.1, -0.05) is 12.1 Å². The third kappa shape index (κ3) is 5.61. The van der Waals surface area contributed by atoms with E-state index in [1.54, 1.807) is 17.5 Å². The number of nitrogens with one attached hydrogen (secondary N) is 2. The van der Waals surface area contributed by atoms with E-state index in [4.69, 9.17) is 0 Å². The Morgan fingerprint density at radius 1 is 1.28 bits per heavy atom. The molecule has 0 radical (unpaired) electrons. The SMILES string of the molecule is C[C@H](NC(=O)c1cccs1)C(=O)NC[C@H](O)Cc1ccc(F)cc1F. The molecule has 0 saturated carbocycles. The molecule has 2 rings (SSSR count). The smallest absolute Gasteiger partial charge is 0.261 e.